The first kappa shape index (κ1) is 36.2. The van der Waals surface area contributed by atoms with Gasteiger partial charge in [0.15, 0.2) is 0 Å². The molecular weight excluding hydrogens is 681 g/mol. The number of anilines is 1. The van der Waals surface area contributed by atoms with Gasteiger partial charge in [-0.05, 0) is 91.6 Å². The Bertz CT molecular complexity index is 1800. The zero-order valence-corrected chi connectivity index (χ0v) is 29.8. The molecule has 2 amide bonds. The summed E-state index contributed by atoms with van der Waals surface area (Å²) in [6, 6.07) is 28.0. The Morgan fingerprint density at radius 2 is 1.51 bits per heavy atom. The van der Waals surface area contributed by atoms with E-state index < -0.39 is 28.5 Å². The van der Waals surface area contributed by atoms with E-state index in [2.05, 4.69) is 5.32 Å². The largest absolute Gasteiger partial charge is 0.494 e. The van der Waals surface area contributed by atoms with Gasteiger partial charge in [-0.25, -0.2) is 8.42 Å². The first-order valence-corrected chi connectivity index (χ1v) is 18.7. The number of nitrogens with one attached hydrogen (secondary N) is 1. The van der Waals surface area contributed by atoms with E-state index in [0.29, 0.717) is 28.0 Å². The van der Waals surface area contributed by atoms with Crippen LogP contribution in [-0.2, 0) is 32.6 Å². The summed E-state index contributed by atoms with van der Waals surface area (Å²) in [4.78, 5) is 30.4. The SMILES string of the molecule is CCOc1ccc(N(CC(=O)N(Cc2cccc(Cl)c2)[C@H](Cc2ccccc2)C(=O)NC2CCCCC2)S(=O)(=O)c2ccc(Cl)cc2)cc1. The lowest BCUT2D eigenvalue weighted by Gasteiger charge is -2.35. The van der Waals surface area contributed by atoms with Gasteiger partial charge in [0.05, 0.1) is 17.2 Å². The number of hydrogen-bond acceptors (Lipinski definition) is 5. The van der Waals surface area contributed by atoms with Crippen molar-refractivity contribution in [3.05, 3.63) is 124 Å². The standard InChI is InChI=1S/C38H41Cl2N3O5S/c1-2-48-34-20-18-33(19-21-34)43(49(46,47)35-22-16-30(39)17-23-35)27-37(44)42(26-29-12-9-13-31(40)24-29)36(25-28-10-5-3-6-11-28)38(45)41-32-14-7-4-8-15-32/h3,5-6,9-13,16-24,32,36H,2,4,7-8,14-15,25-27H2,1H3,(H,41,45)/t36-/m1/s1. The third-order valence-electron chi connectivity index (χ3n) is 8.58. The van der Waals surface area contributed by atoms with Crippen LogP contribution in [-0.4, -0.2) is 50.4 Å². The smallest absolute Gasteiger partial charge is 0.264 e. The minimum atomic E-state index is -4.27. The molecule has 49 heavy (non-hydrogen) atoms. The van der Waals surface area contributed by atoms with Crippen LogP contribution < -0.4 is 14.4 Å². The van der Waals surface area contributed by atoms with E-state index in [9.17, 15) is 18.0 Å². The van der Waals surface area contributed by atoms with Crippen molar-refractivity contribution in [3.63, 3.8) is 0 Å². The molecule has 0 aromatic heterocycles. The second-order valence-corrected chi connectivity index (χ2v) is 14.8. The van der Waals surface area contributed by atoms with Crippen LogP contribution in [0.1, 0.15) is 50.2 Å². The predicted molar refractivity (Wildman–Crippen MR) is 195 cm³/mol. The zero-order chi connectivity index (χ0) is 34.8. The molecule has 0 radical (unpaired) electrons. The number of hydrogen-bond donors (Lipinski definition) is 1. The lowest BCUT2D eigenvalue weighted by Crippen LogP contribution is -2.55. The van der Waals surface area contributed by atoms with E-state index in [0.717, 1.165) is 42.0 Å². The fourth-order valence-corrected chi connectivity index (χ4v) is 7.82. The Morgan fingerprint density at radius 1 is 0.837 bits per heavy atom. The summed E-state index contributed by atoms with van der Waals surface area (Å²) in [5.41, 5.74) is 1.84. The van der Waals surface area contributed by atoms with Crippen molar-refractivity contribution in [3.8, 4) is 5.75 Å². The average molecular weight is 723 g/mol. The van der Waals surface area contributed by atoms with Gasteiger partial charge in [-0.15, -0.1) is 0 Å². The molecule has 1 N–H and O–H groups in total. The first-order valence-electron chi connectivity index (χ1n) is 16.5. The van der Waals surface area contributed by atoms with Crippen molar-refractivity contribution in [2.75, 3.05) is 17.5 Å². The summed E-state index contributed by atoms with van der Waals surface area (Å²) < 4.78 is 35.2. The number of carbonyl (C=O) groups is 2. The Balaban J connectivity index is 1.56. The van der Waals surface area contributed by atoms with Crippen LogP contribution in [0.2, 0.25) is 10.0 Å². The van der Waals surface area contributed by atoms with Crippen molar-refractivity contribution >= 4 is 50.7 Å². The summed E-state index contributed by atoms with van der Waals surface area (Å²) in [6.07, 6.45) is 5.16. The number of amides is 2. The number of ether oxygens (including phenoxy) is 1. The Labute approximate surface area is 299 Å². The van der Waals surface area contributed by atoms with Crippen molar-refractivity contribution in [1.29, 1.82) is 0 Å². The molecule has 4 aromatic carbocycles. The van der Waals surface area contributed by atoms with Gasteiger partial charge in [-0.2, -0.15) is 0 Å². The van der Waals surface area contributed by atoms with Crippen molar-refractivity contribution < 1.29 is 22.7 Å². The van der Waals surface area contributed by atoms with Crippen molar-refractivity contribution in [2.24, 2.45) is 0 Å². The van der Waals surface area contributed by atoms with Crippen LogP contribution in [0.15, 0.2) is 108 Å². The van der Waals surface area contributed by atoms with E-state index in [4.69, 9.17) is 27.9 Å². The maximum absolute atomic E-state index is 14.7. The van der Waals surface area contributed by atoms with Crippen LogP contribution in [0.4, 0.5) is 5.69 Å². The number of benzene rings is 4. The molecule has 0 unspecified atom stereocenters. The number of carbonyl (C=O) groups excluding carboxylic acids is 2. The molecule has 1 fully saturated rings. The minimum absolute atomic E-state index is 0.00767. The lowest BCUT2D eigenvalue weighted by atomic mass is 9.94. The second kappa shape index (κ2) is 17.1. The van der Waals surface area contributed by atoms with Gasteiger partial charge in [-0.1, -0.05) is 84.9 Å². The normalized spacial score (nSPS) is 14.1. The molecule has 258 valence electrons. The van der Waals surface area contributed by atoms with Gasteiger partial charge in [0.1, 0.15) is 18.3 Å². The molecule has 0 heterocycles. The highest BCUT2D eigenvalue weighted by Gasteiger charge is 2.35. The quantitative estimate of drug-likeness (QED) is 0.144. The fraction of sp³-hybridized carbons (Fsp3) is 0.316. The minimum Gasteiger partial charge on any atom is -0.494 e. The van der Waals surface area contributed by atoms with E-state index in [1.807, 2.05) is 43.3 Å². The first-order chi connectivity index (χ1) is 23.6. The third kappa shape index (κ3) is 9.78. The van der Waals surface area contributed by atoms with E-state index in [-0.39, 0.29) is 35.5 Å². The van der Waals surface area contributed by atoms with Gasteiger partial charge >= 0.3 is 0 Å². The van der Waals surface area contributed by atoms with Crippen molar-refractivity contribution in [1.82, 2.24) is 10.2 Å². The summed E-state index contributed by atoms with van der Waals surface area (Å²) in [5.74, 6) is -0.267. The van der Waals surface area contributed by atoms with Gasteiger partial charge in [-0.3, -0.25) is 13.9 Å². The Hall–Kier alpha value is -4.05. The predicted octanol–water partition coefficient (Wildman–Crippen LogP) is 7.68. The molecule has 1 aliphatic rings. The average Bonchev–Trinajstić information content (AvgIpc) is 3.10. The fourth-order valence-electron chi connectivity index (χ4n) is 6.07. The number of rotatable bonds is 14. The highest BCUT2D eigenvalue weighted by molar-refractivity contribution is 7.92. The summed E-state index contributed by atoms with van der Waals surface area (Å²) in [5, 5.41) is 4.08. The topological polar surface area (TPSA) is 96.0 Å². The van der Waals surface area contributed by atoms with E-state index in [1.165, 1.54) is 29.2 Å². The van der Waals surface area contributed by atoms with Crippen LogP contribution in [0.3, 0.4) is 0 Å². The third-order valence-corrected chi connectivity index (χ3v) is 10.9. The Morgan fingerprint density at radius 3 is 2.16 bits per heavy atom. The molecule has 1 saturated carbocycles. The highest BCUT2D eigenvalue weighted by Crippen LogP contribution is 2.28. The van der Waals surface area contributed by atoms with E-state index in [1.54, 1.807) is 42.5 Å². The molecule has 0 saturated heterocycles. The molecule has 0 bridgehead atoms. The maximum Gasteiger partial charge on any atom is 0.264 e. The van der Waals surface area contributed by atoms with Crippen molar-refractivity contribution in [2.45, 2.75) is 69.0 Å². The maximum atomic E-state index is 14.7. The molecule has 8 nitrogen and oxygen atoms in total. The van der Waals surface area contributed by atoms with Gasteiger partial charge in [0.2, 0.25) is 11.8 Å². The van der Waals surface area contributed by atoms with E-state index >= 15 is 0 Å². The monoisotopic (exact) mass is 721 g/mol. The molecule has 4 aromatic rings. The molecular formula is C38H41Cl2N3O5S. The molecule has 11 heteroatoms. The second-order valence-electron chi connectivity index (χ2n) is 12.1. The number of sulfonamides is 1. The van der Waals surface area contributed by atoms with Crippen LogP contribution >= 0.6 is 23.2 Å². The van der Waals surface area contributed by atoms with Crippen LogP contribution in [0.25, 0.3) is 0 Å². The summed E-state index contributed by atoms with van der Waals surface area (Å²) in [6.45, 7) is 1.76. The lowest BCUT2D eigenvalue weighted by molar-refractivity contribution is -0.140. The number of nitrogens with zero attached hydrogens (tertiary/aromatic N) is 2. The Kier molecular flexibility index (Phi) is 12.6. The summed E-state index contributed by atoms with van der Waals surface area (Å²) >= 11 is 12.4. The molecule has 0 spiro atoms. The molecule has 1 atom stereocenters. The number of halogens is 2. The van der Waals surface area contributed by atoms with Gasteiger partial charge in [0.25, 0.3) is 10.0 Å². The molecule has 0 aliphatic heterocycles. The summed E-state index contributed by atoms with van der Waals surface area (Å²) in [7, 11) is -4.27. The van der Waals surface area contributed by atoms with Gasteiger partial charge < -0.3 is 15.0 Å². The highest BCUT2D eigenvalue weighted by atomic mass is 35.5. The van der Waals surface area contributed by atoms with Crippen LogP contribution in [0, 0.1) is 0 Å². The van der Waals surface area contributed by atoms with Gasteiger partial charge in [0, 0.05) is 29.1 Å². The zero-order valence-electron chi connectivity index (χ0n) is 27.4. The molecule has 5 rings (SSSR count). The molecule has 1 aliphatic carbocycles. The van der Waals surface area contributed by atoms with Crippen LogP contribution in [0.5, 0.6) is 5.75 Å².